The van der Waals surface area contributed by atoms with Gasteiger partial charge in [-0.1, -0.05) is 24.3 Å². The first-order chi connectivity index (χ1) is 8.34. The molecule has 0 aliphatic carbocycles. The van der Waals surface area contributed by atoms with Crippen LogP contribution in [0.4, 0.5) is 0 Å². The smallest absolute Gasteiger partial charge is 0.330 e. The molecule has 1 aliphatic heterocycles. The van der Waals surface area contributed by atoms with Gasteiger partial charge in [-0.15, -0.1) is 0 Å². The van der Waals surface area contributed by atoms with Gasteiger partial charge in [0.05, 0.1) is 7.11 Å². The van der Waals surface area contributed by atoms with E-state index in [1.165, 1.54) is 12.7 Å². The summed E-state index contributed by atoms with van der Waals surface area (Å²) in [6.07, 6.45) is 0.937. The Balaban J connectivity index is 2.66. The molecule has 0 spiro atoms. The van der Waals surface area contributed by atoms with Gasteiger partial charge in [-0.3, -0.25) is 4.90 Å². The fraction of sp³-hybridized carbons (Fsp3) is 0.533. The van der Waals surface area contributed by atoms with Crippen LogP contribution in [0.1, 0.15) is 31.9 Å². The molecule has 1 aromatic rings. The molecule has 0 bridgehead atoms. The number of fused-ring (bicyclic) bond motifs is 1. The molecule has 18 heavy (non-hydrogen) atoms. The van der Waals surface area contributed by atoms with Crippen molar-refractivity contribution < 1.29 is 9.53 Å². The van der Waals surface area contributed by atoms with E-state index in [4.69, 9.17) is 4.74 Å². The maximum Gasteiger partial charge on any atom is 0.330 e. The summed E-state index contributed by atoms with van der Waals surface area (Å²) in [6, 6.07) is 8.13. The van der Waals surface area contributed by atoms with E-state index in [-0.39, 0.29) is 11.5 Å². The molecule has 3 heteroatoms. The molecule has 0 amide bonds. The van der Waals surface area contributed by atoms with E-state index in [1.54, 1.807) is 0 Å². The van der Waals surface area contributed by atoms with Crippen molar-refractivity contribution in [1.29, 1.82) is 0 Å². The molecule has 0 aromatic heterocycles. The van der Waals surface area contributed by atoms with Crippen LogP contribution in [0.25, 0.3) is 0 Å². The lowest BCUT2D eigenvalue weighted by molar-refractivity contribution is -0.159. The quantitative estimate of drug-likeness (QED) is 0.713. The van der Waals surface area contributed by atoms with E-state index < -0.39 is 5.54 Å². The number of esters is 1. The summed E-state index contributed by atoms with van der Waals surface area (Å²) in [7, 11) is 3.44. The molecule has 3 nitrogen and oxygen atoms in total. The summed E-state index contributed by atoms with van der Waals surface area (Å²) < 4.78 is 5.03. The van der Waals surface area contributed by atoms with E-state index in [0.29, 0.717) is 0 Å². The lowest BCUT2D eigenvalue weighted by atomic mass is 9.75. The highest BCUT2D eigenvalue weighted by Gasteiger charge is 2.50. The Labute approximate surface area is 109 Å². The number of hydrogen-bond acceptors (Lipinski definition) is 3. The SMILES string of the molecule is COC(=O)C1(C)c2ccccc2CC(C)(C)N1C. The summed E-state index contributed by atoms with van der Waals surface area (Å²) in [5, 5.41) is 0. The van der Waals surface area contributed by atoms with Crippen molar-refractivity contribution in [3.8, 4) is 0 Å². The summed E-state index contributed by atoms with van der Waals surface area (Å²) in [5.74, 6) is -0.203. The minimum atomic E-state index is -0.715. The maximum absolute atomic E-state index is 12.3. The van der Waals surface area contributed by atoms with Crippen LogP contribution >= 0.6 is 0 Å². The second kappa shape index (κ2) is 4.09. The average Bonchev–Trinajstić information content (AvgIpc) is 2.35. The van der Waals surface area contributed by atoms with Crippen LogP contribution < -0.4 is 0 Å². The number of nitrogens with zero attached hydrogens (tertiary/aromatic N) is 1. The van der Waals surface area contributed by atoms with Crippen LogP contribution in [0.2, 0.25) is 0 Å². The Morgan fingerprint density at radius 1 is 1.28 bits per heavy atom. The predicted octanol–water partition coefficient (Wildman–Crippen LogP) is 2.34. The fourth-order valence-electron chi connectivity index (χ4n) is 2.97. The molecule has 1 aliphatic rings. The Morgan fingerprint density at radius 3 is 2.50 bits per heavy atom. The standard InChI is InChI=1S/C15H21NO2/c1-14(2)10-11-8-6-7-9-12(11)15(3,16(14)4)13(17)18-5/h6-9H,10H2,1-5H3. The molecule has 98 valence electrons. The lowest BCUT2D eigenvalue weighted by Gasteiger charge is -2.51. The van der Waals surface area contributed by atoms with Crippen molar-refractivity contribution >= 4 is 5.97 Å². The molecular weight excluding hydrogens is 226 g/mol. The van der Waals surface area contributed by atoms with Gasteiger partial charge in [0.2, 0.25) is 0 Å². The van der Waals surface area contributed by atoms with E-state index in [0.717, 1.165) is 12.0 Å². The lowest BCUT2D eigenvalue weighted by Crippen LogP contribution is -2.61. The van der Waals surface area contributed by atoms with Crippen LogP contribution in [-0.2, 0) is 21.5 Å². The highest BCUT2D eigenvalue weighted by Crippen LogP contribution is 2.42. The van der Waals surface area contributed by atoms with Crippen molar-refractivity contribution in [2.75, 3.05) is 14.2 Å². The van der Waals surface area contributed by atoms with E-state index in [2.05, 4.69) is 24.8 Å². The first-order valence-electron chi connectivity index (χ1n) is 6.25. The molecule has 1 aromatic carbocycles. The summed E-state index contributed by atoms with van der Waals surface area (Å²) in [5.41, 5.74) is 1.50. The largest absolute Gasteiger partial charge is 0.467 e. The van der Waals surface area contributed by atoms with E-state index in [9.17, 15) is 4.79 Å². The molecule has 0 saturated carbocycles. The van der Waals surface area contributed by atoms with Gasteiger partial charge in [-0.05, 0) is 45.4 Å². The third-order valence-electron chi connectivity index (χ3n) is 4.33. The summed E-state index contributed by atoms with van der Waals surface area (Å²) in [4.78, 5) is 14.4. The molecule has 2 rings (SSSR count). The Kier molecular flexibility index (Phi) is 2.98. The molecule has 1 atom stereocenters. The molecule has 1 heterocycles. The minimum Gasteiger partial charge on any atom is -0.467 e. The van der Waals surface area contributed by atoms with Crippen LogP contribution in [-0.4, -0.2) is 30.6 Å². The molecule has 0 radical (unpaired) electrons. The molecule has 0 saturated heterocycles. The number of hydrogen-bond donors (Lipinski definition) is 0. The number of methoxy groups -OCH3 is 1. The van der Waals surface area contributed by atoms with Crippen molar-refractivity contribution in [2.24, 2.45) is 0 Å². The molecule has 0 N–H and O–H groups in total. The van der Waals surface area contributed by atoms with Crippen LogP contribution in [0.5, 0.6) is 0 Å². The molecule has 1 unspecified atom stereocenters. The number of carbonyl (C=O) groups is 1. The van der Waals surface area contributed by atoms with Gasteiger partial charge in [0.1, 0.15) is 5.54 Å². The zero-order valence-corrected chi connectivity index (χ0v) is 11.8. The number of ether oxygens (including phenoxy) is 1. The maximum atomic E-state index is 12.3. The van der Waals surface area contributed by atoms with Gasteiger partial charge < -0.3 is 4.74 Å². The number of likely N-dealkylation sites (N-methyl/N-ethyl adjacent to an activating group) is 1. The van der Waals surface area contributed by atoms with Gasteiger partial charge in [0.25, 0.3) is 0 Å². The first kappa shape index (κ1) is 13.1. The van der Waals surface area contributed by atoms with Crippen LogP contribution in [0, 0.1) is 0 Å². The van der Waals surface area contributed by atoms with Crippen LogP contribution in [0.3, 0.4) is 0 Å². The van der Waals surface area contributed by atoms with Crippen molar-refractivity contribution in [1.82, 2.24) is 4.90 Å². The zero-order chi connectivity index (χ0) is 13.6. The van der Waals surface area contributed by atoms with Crippen molar-refractivity contribution in [2.45, 2.75) is 38.3 Å². The monoisotopic (exact) mass is 247 g/mol. The van der Waals surface area contributed by atoms with Crippen molar-refractivity contribution in [3.05, 3.63) is 35.4 Å². The molecule has 0 fully saturated rings. The summed E-state index contributed by atoms with van der Waals surface area (Å²) in [6.45, 7) is 6.26. The topological polar surface area (TPSA) is 29.5 Å². The van der Waals surface area contributed by atoms with Gasteiger partial charge >= 0.3 is 5.97 Å². The second-order valence-electron chi connectivity index (χ2n) is 5.77. The minimum absolute atomic E-state index is 0.0721. The van der Waals surface area contributed by atoms with Gasteiger partial charge in [0, 0.05) is 5.54 Å². The highest BCUT2D eigenvalue weighted by molar-refractivity contribution is 5.83. The number of carbonyl (C=O) groups excluding carboxylic acids is 1. The summed E-state index contributed by atoms with van der Waals surface area (Å²) >= 11 is 0. The fourth-order valence-corrected chi connectivity index (χ4v) is 2.97. The highest BCUT2D eigenvalue weighted by atomic mass is 16.5. The Bertz CT molecular complexity index is 481. The third kappa shape index (κ3) is 1.65. The molecular formula is C15H21NO2. The first-order valence-corrected chi connectivity index (χ1v) is 6.25. The van der Waals surface area contributed by atoms with Gasteiger partial charge in [0.15, 0.2) is 0 Å². The number of benzene rings is 1. The normalized spacial score (nSPS) is 26.5. The zero-order valence-electron chi connectivity index (χ0n) is 11.8. The third-order valence-corrected chi connectivity index (χ3v) is 4.33. The Morgan fingerprint density at radius 2 is 1.89 bits per heavy atom. The number of rotatable bonds is 1. The predicted molar refractivity (Wildman–Crippen MR) is 71.4 cm³/mol. The van der Waals surface area contributed by atoms with Crippen molar-refractivity contribution in [3.63, 3.8) is 0 Å². The Hall–Kier alpha value is -1.35. The van der Waals surface area contributed by atoms with Gasteiger partial charge in [-0.2, -0.15) is 0 Å². The van der Waals surface area contributed by atoms with Gasteiger partial charge in [-0.25, -0.2) is 4.79 Å². The van der Waals surface area contributed by atoms with E-state index >= 15 is 0 Å². The van der Waals surface area contributed by atoms with E-state index in [1.807, 2.05) is 32.2 Å². The van der Waals surface area contributed by atoms with Crippen LogP contribution in [0.15, 0.2) is 24.3 Å². The second-order valence-corrected chi connectivity index (χ2v) is 5.77. The average molecular weight is 247 g/mol.